The van der Waals surface area contributed by atoms with Crippen molar-refractivity contribution in [2.24, 2.45) is 0 Å². The third kappa shape index (κ3) is 4.05. The summed E-state index contributed by atoms with van der Waals surface area (Å²) in [5.41, 5.74) is 5.12. The first-order chi connectivity index (χ1) is 9.65. The third-order valence-electron chi connectivity index (χ3n) is 2.02. The van der Waals surface area contributed by atoms with Crippen molar-refractivity contribution in [3.63, 3.8) is 0 Å². The summed E-state index contributed by atoms with van der Waals surface area (Å²) < 4.78 is 5.38. The summed E-state index contributed by atoms with van der Waals surface area (Å²) in [5.74, 6) is -0.330. The average molecular weight is 293 g/mol. The predicted octanol–water partition coefficient (Wildman–Crippen LogP) is 0.391. The van der Waals surface area contributed by atoms with Crippen LogP contribution in [0.1, 0.15) is 6.92 Å². The van der Waals surface area contributed by atoms with E-state index in [1.807, 2.05) is 0 Å². The van der Waals surface area contributed by atoms with Crippen LogP contribution in [0.25, 0.3) is 11.5 Å². The molecule has 2 aromatic heterocycles. The second kappa shape index (κ2) is 6.66. The maximum Gasteiger partial charge on any atom is 0.277 e. The standard InChI is InChI=1S/C11H11N5O3S/c1-7(17)13-14-9(18)6-20-11-16-15-10(19-11)8-3-2-4-12-5-8/h2-5H,6H2,1H3,(H,13,17)(H,14,18). The van der Waals surface area contributed by atoms with Gasteiger partial charge in [-0.1, -0.05) is 11.8 Å². The molecular weight excluding hydrogens is 282 g/mol. The molecule has 8 nitrogen and oxygen atoms in total. The molecule has 0 radical (unpaired) electrons. The Balaban J connectivity index is 1.87. The van der Waals surface area contributed by atoms with Crippen molar-refractivity contribution >= 4 is 23.6 Å². The molecule has 0 saturated carbocycles. The van der Waals surface area contributed by atoms with Crippen molar-refractivity contribution in [1.82, 2.24) is 26.0 Å². The molecule has 0 fully saturated rings. The number of pyridine rings is 1. The molecule has 2 N–H and O–H groups in total. The zero-order valence-corrected chi connectivity index (χ0v) is 11.3. The van der Waals surface area contributed by atoms with Crippen molar-refractivity contribution in [3.8, 4) is 11.5 Å². The molecule has 9 heteroatoms. The van der Waals surface area contributed by atoms with Crippen LogP contribution in [0, 0.1) is 0 Å². The number of rotatable bonds is 4. The van der Waals surface area contributed by atoms with Gasteiger partial charge in [0.05, 0.1) is 11.3 Å². The van der Waals surface area contributed by atoms with Crippen LogP contribution in [0.5, 0.6) is 0 Å². The normalized spacial score (nSPS) is 10.1. The molecule has 0 aliphatic rings. The fourth-order valence-electron chi connectivity index (χ4n) is 1.20. The first-order valence-electron chi connectivity index (χ1n) is 5.57. The van der Waals surface area contributed by atoms with E-state index in [0.717, 1.165) is 11.8 Å². The van der Waals surface area contributed by atoms with Gasteiger partial charge in [-0.05, 0) is 12.1 Å². The second-order valence-electron chi connectivity index (χ2n) is 3.63. The van der Waals surface area contributed by atoms with Crippen molar-refractivity contribution in [2.75, 3.05) is 5.75 Å². The van der Waals surface area contributed by atoms with E-state index in [-0.39, 0.29) is 22.8 Å². The highest BCUT2D eigenvalue weighted by Crippen LogP contribution is 2.21. The van der Waals surface area contributed by atoms with E-state index in [4.69, 9.17) is 4.42 Å². The number of carbonyl (C=O) groups is 2. The Morgan fingerprint density at radius 3 is 2.90 bits per heavy atom. The van der Waals surface area contributed by atoms with Crippen LogP contribution in [0.15, 0.2) is 34.2 Å². The summed E-state index contributed by atoms with van der Waals surface area (Å²) in [4.78, 5) is 25.9. The SMILES string of the molecule is CC(=O)NNC(=O)CSc1nnc(-c2cccnc2)o1. The van der Waals surface area contributed by atoms with Crippen LogP contribution in [0.4, 0.5) is 0 Å². The number of carbonyl (C=O) groups excluding carboxylic acids is 2. The number of amides is 2. The number of nitrogens with zero attached hydrogens (tertiary/aromatic N) is 3. The lowest BCUT2D eigenvalue weighted by atomic mass is 10.3. The molecule has 0 aliphatic heterocycles. The monoisotopic (exact) mass is 293 g/mol. The van der Waals surface area contributed by atoms with Gasteiger partial charge in [-0.2, -0.15) is 0 Å². The minimum atomic E-state index is -0.369. The number of hydrogen-bond acceptors (Lipinski definition) is 7. The lowest BCUT2D eigenvalue weighted by Gasteiger charge is -2.02. The number of hydrazine groups is 1. The van der Waals surface area contributed by atoms with Crippen molar-refractivity contribution in [2.45, 2.75) is 12.1 Å². The van der Waals surface area contributed by atoms with Crippen molar-refractivity contribution < 1.29 is 14.0 Å². The summed E-state index contributed by atoms with van der Waals surface area (Å²) in [6.07, 6.45) is 3.24. The van der Waals surface area contributed by atoms with E-state index < -0.39 is 0 Å². The van der Waals surface area contributed by atoms with Crippen LogP contribution in [0.3, 0.4) is 0 Å². The molecule has 2 amide bonds. The number of nitrogens with one attached hydrogen (secondary N) is 2. The largest absolute Gasteiger partial charge is 0.411 e. The Morgan fingerprint density at radius 1 is 1.35 bits per heavy atom. The lowest BCUT2D eigenvalue weighted by molar-refractivity contribution is -0.126. The molecule has 2 heterocycles. The fourth-order valence-corrected chi connectivity index (χ4v) is 1.76. The van der Waals surface area contributed by atoms with Gasteiger partial charge in [-0.25, -0.2) is 0 Å². The highest BCUT2D eigenvalue weighted by Gasteiger charge is 2.11. The molecule has 0 aromatic carbocycles. The van der Waals surface area contributed by atoms with Gasteiger partial charge in [0.25, 0.3) is 5.22 Å². The minimum absolute atomic E-state index is 0.0505. The summed E-state index contributed by atoms with van der Waals surface area (Å²) >= 11 is 1.07. The maximum atomic E-state index is 11.4. The smallest absolute Gasteiger partial charge is 0.277 e. The molecule has 2 aromatic rings. The van der Waals surface area contributed by atoms with Gasteiger partial charge in [-0.3, -0.25) is 25.4 Å². The molecule has 0 aliphatic carbocycles. The van der Waals surface area contributed by atoms with E-state index in [9.17, 15) is 9.59 Å². The molecule has 0 bridgehead atoms. The first-order valence-corrected chi connectivity index (χ1v) is 6.56. The van der Waals surface area contributed by atoms with E-state index in [2.05, 4.69) is 26.0 Å². The van der Waals surface area contributed by atoms with Crippen molar-refractivity contribution in [3.05, 3.63) is 24.5 Å². The Morgan fingerprint density at radius 2 is 2.20 bits per heavy atom. The summed E-state index contributed by atoms with van der Waals surface area (Å²) in [6, 6.07) is 3.55. The summed E-state index contributed by atoms with van der Waals surface area (Å²) in [7, 11) is 0. The molecule has 20 heavy (non-hydrogen) atoms. The molecule has 0 spiro atoms. The highest BCUT2D eigenvalue weighted by atomic mass is 32.2. The van der Waals surface area contributed by atoms with Gasteiger partial charge in [0.1, 0.15) is 0 Å². The summed E-state index contributed by atoms with van der Waals surface area (Å²) in [6.45, 7) is 1.30. The Hall–Kier alpha value is -2.42. The second-order valence-corrected chi connectivity index (χ2v) is 4.56. The zero-order chi connectivity index (χ0) is 14.4. The molecule has 104 valence electrons. The van der Waals surface area contributed by atoms with Crippen LogP contribution in [0.2, 0.25) is 0 Å². The van der Waals surface area contributed by atoms with E-state index >= 15 is 0 Å². The van der Waals surface area contributed by atoms with Crippen molar-refractivity contribution in [1.29, 1.82) is 0 Å². The lowest BCUT2D eigenvalue weighted by Crippen LogP contribution is -2.41. The van der Waals surface area contributed by atoms with Gasteiger partial charge >= 0.3 is 0 Å². The Kier molecular flexibility index (Phi) is 4.66. The molecular formula is C11H11N5O3S. The van der Waals surface area contributed by atoms with E-state index in [0.29, 0.717) is 11.5 Å². The van der Waals surface area contributed by atoms with Crippen LogP contribution >= 0.6 is 11.8 Å². The van der Waals surface area contributed by atoms with Gasteiger partial charge in [0.15, 0.2) is 0 Å². The highest BCUT2D eigenvalue weighted by molar-refractivity contribution is 7.99. The Labute approximate surface area is 118 Å². The molecule has 0 unspecified atom stereocenters. The third-order valence-corrected chi connectivity index (χ3v) is 2.84. The Bertz CT molecular complexity index is 601. The van der Waals surface area contributed by atoms with Crippen LogP contribution < -0.4 is 10.9 Å². The van der Waals surface area contributed by atoms with E-state index in [1.54, 1.807) is 24.5 Å². The average Bonchev–Trinajstić information content (AvgIpc) is 2.93. The van der Waals surface area contributed by atoms with Gasteiger partial charge in [-0.15, -0.1) is 10.2 Å². The number of thioether (sulfide) groups is 1. The fraction of sp³-hybridized carbons (Fsp3) is 0.182. The molecule has 2 rings (SSSR count). The summed E-state index contributed by atoms with van der Waals surface area (Å²) in [5, 5.41) is 7.94. The van der Waals surface area contributed by atoms with Crippen LogP contribution in [-0.2, 0) is 9.59 Å². The zero-order valence-electron chi connectivity index (χ0n) is 10.5. The predicted molar refractivity (Wildman–Crippen MR) is 70.2 cm³/mol. The topological polar surface area (TPSA) is 110 Å². The maximum absolute atomic E-state index is 11.4. The number of aromatic nitrogens is 3. The van der Waals surface area contributed by atoms with Gasteiger partial charge in [0, 0.05) is 19.3 Å². The quantitative estimate of drug-likeness (QED) is 0.619. The van der Waals surface area contributed by atoms with E-state index in [1.165, 1.54) is 6.92 Å². The number of hydrogen-bond donors (Lipinski definition) is 2. The van der Waals surface area contributed by atoms with Crippen LogP contribution in [-0.4, -0.2) is 32.7 Å². The van der Waals surface area contributed by atoms with Gasteiger partial charge in [0.2, 0.25) is 17.7 Å². The molecule has 0 atom stereocenters. The molecule has 0 saturated heterocycles. The first kappa shape index (κ1) is 14.0. The van der Waals surface area contributed by atoms with Gasteiger partial charge < -0.3 is 4.42 Å². The minimum Gasteiger partial charge on any atom is -0.411 e.